The van der Waals surface area contributed by atoms with Gasteiger partial charge in [0.2, 0.25) is 0 Å². The van der Waals surface area contributed by atoms with Gasteiger partial charge in [0.05, 0.1) is 0 Å². The maximum absolute atomic E-state index is 10.5. The van der Waals surface area contributed by atoms with E-state index in [0.29, 0.717) is 0 Å². The first-order valence-corrected chi connectivity index (χ1v) is 7.97. The first-order valence-electron chi connectivity index (χ1n) is 7.97. The normalized spacial score (nSPS) is 10.6. The van der Waals surface area contributed by atoms with E-state index >= 15 is 0 Å². The Kier molecular flexibility index (Phi) is 6.86. The second-order valence-corrected chi connectivity index (χ2v) is 5.38. The van der Waals surface area contributed by atoms with Gasteiger partial charge in [-0.1, -0.05) is 78.9 Å². The van der Waals surface area contributed by atoms with Gasteiger partial charge in [0.25, 0.3) is 0 Å². The average Bonchev–Trinajstić information content (AvgIpc) is 2.59. The minimum absolute atomic E-state index is 0.253. The van der Waals surface area contributed by atoms with E-state index in [0.717, 1.165) is 19.3 Å². The molecule has 0 atom stereocenters. The molecule has 2 nitrogen and oxygen atoms in total. The fourth-order valence-electron chi connectivity index (χ4n) is 2.39. The fourth-order valence-corrected chi connectivity index (χ4v) is 2.39. The molecule has 23 heavy (non-hydrogen) atoms. The van der Waals surface area contributed by atoms with Crippen molar-refractivity contribution in [2.75, 3.05) is 0 Å². The van der Waals surface area contributed by atoms with Gasteiger partial charge in [0.1, 0.15) is 0 Å². The highest BCUT2D eigenvalue weighted by atomic mass is 16.4. The third-order valence-electron chi connectivity index (χ3n) is 3.58. The third-order valence-corrected chi connectivity index (χ3v) is 3.58. The summed E-state index contributed by atoms with van der Waals surface area (Å²) in [5.74, 6) is -0.718. The van der Waals surface area contributed by atoms with Gasteiger partial charge in [0.15, 0.2) is 0 Å². The van der Waals surface area contributed by atoms with Gasteiger partial charge >= 0.3 is 5.97 Å². The summed E-state index contributed by atoms with van der Waals surface area (Å²) in [5.41, 5.74) is 3.57. The van der Waals surface area contributed by atoms with Gasteiger partial charge in [-0.3, -0.25) is 4.79 Å². The maximum Gasteiger partial charge on any atom is 0.303 e. The standard InChI is InChI=1S/C21H22O2/c22-21(23)17-11-3-1-2-10-16-20(18-12-6-4-7-13-18)19-14-8-5-9-15-19/h2,4-10,12-16H,1,3,11,17H2,(H,22,23). The van der Waals surface area contributed by atoms with Gasteiger partial charge in [-0.25, -0.2) is 0 Å². The lowest BCUT2D eigenvalue weighted by atomic mass is 9.97. The quantitative estimate of drug-likeness (QED) is 0.529. The molecule has 2 aromatic rings. The molecule has 0 aliphatic carbocycles. The minimum Gasteiger partial charge on any atom is -0.481 e. The van der Waals surface area contributed by atoms with Crippen molar-refractivity contribution in [3.63, 3.8) is 0 Å². The molecule has 0 heterocycles. The topological polar surface area (TPSA) is 37.3 Å². The van der Waals surface area contributed by atoms with Crippen LogP contribution in [0.5, 0.6) is 0 Å². The zero-order valence-corrected chi connectivity index (χ0v) is 13.2. The summed E-state index contributed by atoms with van der Waals surface area (Å²) in [4.78, 5) is 10.5. The van der Waals surface area contributed by atoms with Crippen molar-refractivity contribution >= 4 is 11.5 Å². The van der Waals surface area contributed by atoms with Crippen LogP contribution in [0.15, 0.2) is 78.9 Å². The summed E-state index contributed by atoms with van der Waals surface area (Å²) in [6.45, 7) is 0. The molecule has 0 fully saturated rings. The largest absolute Gasteiger partial charge is 0.481 e. The number of unbranched alkanes of at least 4 members (excludes halogenated alkanes) is 2. The Labute approximate surface area is 137 Å². The maximum atomic E-state index is 10.5. The number of carbonyl (C=O) groups is 1. The lowest BCUT2D eigenvalue weighted by Crippen LogP contribution is -1.92. The van der Waals surface area contributed by atoms with Crippen molar-refractivity contribution in [3.05, 3.63) is 90.0 Å². The predicted octanol–water partition coefficient (Wildman–Crippen LogP) is 5.32. The molecule has 1 N–H and O–H groups in total. The number of carboxylic acids is 1. The van der Waals surface area contributed by atoms with Crippen LogP contribution in [0, 0.1) is 0 Å². The Morgan fingerprint density at radius 2 is 1.43 bits per heavy atom. The summed E-state index contributed by atoms with van der Waals surface area (Å²) in [7, 11) is 0. The van der Waals surface area contributed by atoms with E-state index in [1.54, 1.807) is 0 Å². The zero-order chi connectivity index (χ0) is 16.3. The highest BCUT2D eigenvalue weighted by molar-refractivity contribution is 5.80. The van der Waals surface area contributed by atoms with Gasteiger partial charge < -0.3 is 5.11 Å². The first-order chi connectivity index (χ1) is 11.3. The molecule has 0 aliphatic rings. The van der Waals surface area contributed by atoms with Crippen molar-refractivity contribution in [3.8, 4) is 0 Å². The summed E-state index contributed by atoms with van der Waals surface area (Å²) in [6.07, 6.45) is 9.09. The zero-order valence-electron chi connectivity index (χ0n) is 13.2. The van der Waals surface area contributed by atoms with Gasteiger partial charge in [-0.2, -0.15) is 0 Å². The summed E-state index contributed by atoms with van der Waals surface area (Å²) in [6, 6.07) is 20.7. The molecule has 0 amide bonds. The third kappa shape index (κ3) is 5.95. The van der Waals surface area contributed by atoms with E-state index in [1.165, 1.54) is 16.7 Å². The van der Waals surface area contributed by atoms with Gasteiger partial charge in [0, 0.05) is 6.42 Å². The lowest BCUT2D eigenvalue weighted by Gasteiger charge is -2.07. The summed E-state index contributed by atoms with van der Waals surface area (Å²) in [5, 5.41) is 8.61. The van der Waals surface area contributed by atoms with E-state index in [9.17, 15) is 4.79 Å². The van der Waals surface area contributed by atoms with Gasteiger partial charge in [-0.05, 0) is 36.0 Å². The lowest BCUT2D eigenvalue weighted by molar-refractivity contribution is -0.137. The molecule has 2 heteroatoms. The average molecular weight is 306 g/mol. The molecule has 0 bridgehead atoms. The molecule has 0 radical (unpaired) electrons. The number of rotatable bonds is 8. The van der Waals surface area contributed by atoms with Crippen molar-refractivity contribution in [1.29, 1.82) is 0 Å². The highest BCUT2D eigenvalue weighted by Gasteiger charge is 2.02. The number of benzene rings is 2. The molecular formula is C21H22O2. The van der Waals surface area contributed by atoms with Crippen LogP contribution < -0.4 is 0 Å². The van der Waals surface area contributed by atoms with E-state index in [-0.39, 0.29) is 6.42 Å². The Hall–Kier alpha value is -2.61. The van der Waals surface area contributed by atoms with E-state index < -0.39 is 5.97 Å². The molecular weight excluding hydrogens is 284 g/mol. The van der Waals surface area contributed by atoms with Crippen molar-refractivity contribution in [1.82, 2.24) is 0 Å². The van der Waals surface area contributed by atoms with Crippen LogP contribution in [-0.4, -0.2) is 11.1 Å². The number of allylic oxidation sites excluding steroid dienone is 3. The van der Waals surface area contributed by atoms with Crippen molar-refractivity contribution in [2.24, 2.45) is 0 Å². The van der Waals surface area contributed by atoms with E-state index in [2.05, 4.69) is 42.5 Å². The molecule has 2 aromatic carbocycles. The van der Waals surface area contributed by atoms with Gasteiger partial charge in [-0.15, -0.1) is 0 Å². The van der Waals surface area contributed by atoms with E-state index in [1.807, 2.05) is 36.4 Å². The van der Waals surface area contributed by atoms with E-state index in [4.69, 9.17) is 5.11 Å². The molecule has 118 valence electrons. The highest BCUT2D eigenvalue weighted by Crippen LogP contribution is 2.23. The monoisotopic (exact) mass is 306 g/mol. The Balaban J connectivity index is 2.04. The Morgan fingerprint density at radius 3 is 1.96 bits per heavy atom. The number of aliphatic carboxylic acids is 1. The number of carboxylic acid groups (broad SMARTS) is 1. The second-order valence-electron chi connectivity index (χ2n) is 5.38. The van der Waals surface area contributed by atoms with Crippen LogP contribution in [0.2, 0.25) is 0 Å². The number of hydrogen-bond acceptors (Lipinski definition) is 1. The van der Waals surface area contributed by atoms with Crippen LogP contribution in [-0.2, 0) is 4.79 Å². The molecule has 0 spiro atoms. The van der Waals surface area contributed by atoms with Crippen LogP contribution in [0.25, 0.3) is 5.57 Å². The first kappa shape index (κ1) is 16.8. The van der Waals surface area contributed by atoms with Crippen molar-refractivity contribution < 1.29 is 9.90 Å². The fraction of sp³-hybridized carbons (Fsp3) is 0.190. The van der Waals surface area contributed by atoms with Crippen molar-refractivity contribution in [2.45, 2.75) is 25.7 Å². The predicted molar refractivity (Wildman–Crippen MR) is 95.2 cm³/mol. The molecule has 0 saturated heterocycles. The second kappa shape index (κ2) is 9.42. The molecule has 0 unspecified atom stereocenters. The SMILES string of the molecule is O=C(O)CCCCC=CC=C(c1ccccc1)c1ccccc1. The van der Waals surface area contributed by atoms with Crippen LogP contribution >= 0.6 is 0 Å². The molecule has 0 aromatic heterocycles. The smallest absolute Gasteiger partial charge is 0.303 e. The van der Waals surface area contributed by atoms with Crippen LogP contribution in [0.3, 0.4) is 0 Å². The summed E-state index contributed by atoms with van der Waals surface area (Å²) >= 11 is 0. The molecule has 2 rings (SSSR count). The molecule has 0 aliphatic heterocycles. The number of hydrogen-bond donors (Lipinski definition) is 1. The van der Waals surface area contributed by atoms with Crippen LogP contribution in [0.1, 0.15) is 36.8 Å². The van der Waals surface area contributed by atoms with Crippen LogP contribution in [0.4, 0.5) is 0 Å². The summed E-state index contributed by atoms with van der Waals surface area (Å²) < 4.78 is 0. The molecule has 0 saturated carbocycles. The minimum atomic E-state index is -0.718. The Bertz CT molecular complexity index is 613. The Morgan fingerprint density at radius 1 is 0.870 bits per heavy atom.